The molecule has 0 radical (unpaired) electrons. The average Bonchev–Trinajstić information content (AvgIpc) is 2.90. The van der Waals surface area contributed by atoms with E-state index in [0.717, 1.165) is 5.56 Å². The zero-order chi connectivity index (χ0) is 15.0. The summed E-state index contributed by atoms with van der Waals surface area (Å²) in [6.45, 7) is 0.334. The first-order valence-electron chi connectivity index (χ1n) is 6.30. The van der Waals surface area contributed by atoms with Crippen molar-refractivity contribution >= 4 is 21.4 Å². The lowest BCUT2D eigenvalue weighted by Gasteiger charge is -2.20. The smallest absolute Gasteiger partial charge is 0.267 e. The summed E-state index contributed by atoms with van der Waals surface area (Å²) in [5.74, 6) is 0. The van der Waals surface area contributed by atoms with Gasteiger partial charge in [0.05, 0.1) is 5.69 Å². The summed E-state index contributed by atoms with van der Waals surface area (Å²) < 4.78 is 26.9. The van der Waals surface area contributed by atoms with Crippen molar-refractivity contribution in [1.29, 1.82) is 5.26 Å². The van der Waals surface area contributed by atoms with Gasteiger partial charge in [0.25, 0.3) is 10.0 Å². The topological polar surface area (TPSA) is 100 Å². The maximum Gasteiger partial charge on any atom is 0.267 e. The van der Waals surface area contributed by atoms with Crippen LogP contribution in [0.25, 0.3) is 0 Å². The van der Waals surface area contributed by atoms with E-state index in [0.29, 0.717) is 24.3 Å². The molecular formula is C14H12N4O2S. The van der Waals surface area contributed by atoms with Crippen molar-refractivity contribution in [2.75, 3.05) is 16.6 Å². The van der Waals surface area contributed by atoms with Gasteiger partial charge in [-0.05, 0) is 36.2 Å². The molecule has 0 saturated carbocycles. The van der Waals surface area contributed by atoms with Crippen LogP contribution in [0.15, 0.2) is 41.4 Å². The molecule has 1 aliphatic rings. The largest absolute Gasteiger partial charge is 0.399 e. The molecule has 0 fully saturated rings. The molecular weight excluding hydrogens is 288 g/mol. The Hall–Kier alpha value is -2.59. The predicted octanol–water partition coefficient (Wildman–Crippen LogP) is 1.29. The van der Waals surface area contributed by atoms with E-state index in [1.165, 1.54) is 22.6 Å². The molecule has 2 N–H and O–H groups in total. The molecule has 0 spiro atoms. The van der Waals surface area contributed by atoms with Gasteiger partial charge in [0, 0.05) is 18.4 Å². The van der Waals surface area contributed by atoms with Crippen molar-refractivity contribution in [2.45, 2.75) is 11.3 Å². The molecule has 0 saturated heterocycles. The van der Waals surface area contributed by atoms with Crippen LogP contribution in [0.3, 0.4) is 0 Å². The van der Waals surface area contributed by atoms with E-state index in [9.17, 15) is 8.42 Å². The van der Waals surface area contributed by atoms with Crippen molar-refractivity contribution in [2.24, 2.45) is 0 Å². The number of anilines is 2. The van der Waals surface area contributed by atoms with Gasteiger partial charge in [-0.15, -0.1) is 0 Å². The fraction of sp³-hybridized carbons (Fsp3) is 0.143. The maximum atomic E-state index is 12.8. The molecule has 21 heavy (non-hydrogen) atoms. The zero-order valence-electron chi connectivity index (χ0n) is 11.0. The fourth-order valence-corrected chi connectivity index (χ4v) is 4.01. The minimum absolute atomic E-state index is 0.0808. The van der Waals surface area contributed by atoms with Gasteiger partial charge in [-0.25, -0.2) is 13.4 Å². The van der Waals surface area contributed by atoms with Crippen molar-refractivity contribution in [3.05, 3.63) is 47.8 Å². The molecule has 0 aliphatic carbocycles. The Morgan fingerprint density at radius 2 is 2.14 bits per heavy atom. The third-order valence-electron chi connectivity index (χ3n) is 3.41. The molecule has 1 aromatic carbocycles. The first-order valence-corrected chi connectivity index (χ1v) is 7.74. The molecule has 1 aromatic heterocycles. The number of benzene rings is 1. The Labute approximate surface area is 122 Å². The number of rotatable bonds is 2. The van der Waals surface area contributed by atoms with Crippen LogP contribution in [0.2, 0.25) is 0 Å². The summed E-state index contributed by atoms with van der Waals surface area (Å²) >= 11 is 0. The molecule has 0 amide bonds. The lowest BCUT2D eigenvalue weighted by Crippen LogP contribution is -2.30. The van der Waals surface area contributed by atoms with E-state index in [2.05, 4.69) is 4.98 Å². The summed E-state index contributed by atoms with van der Waals surface area (Å²) in [4.78, 5) is 3.74. The molecule has 0 bridgehead atoms. The number of nitriles is 1. The molecule has 0 unspecified atom stereocenters. The van der Waals surface area contributed by atoms with Crippen LogP contribution in [0, 0.1) is 11.3 Å². The van der Waals surface area contributed by atoms with Crippen LogP contribution in [0.1, 0.15) is 11.3 Å². The van der Waals surface area contributed by atoms with Crippen LogP contribution >= 0.6 is 0 Å². The van der Waals surface area contributed by atoms with E-state index >= 15 is 0 Å². The maximum absolute atomic E-state index is 12.8. The summed E-state index contributed by atoms with van der Waals surface area (Å²) in [5, 5.41) is 9.05. The third kappa shape index (κ3) is 2.10. The van der Waals surface area contributed by atoms with E-state index in [4.69, 9.17) is 11.0 Å². The van der Waals surface area contributed by atoms with Crippen LogP contribution in [-0.4, -0.2) is 19.9 Å². The Balaban J connectivity index is 2.14. The third-order valence-corrected chi connectivity index (χ3v) is 5.25. The highest BCUT2D eigenvalue weighted by Crippen LogP contribution is 2.34. The normalized spacial score (nSPS) is 13.8. The molecule has 1 aliphatic heterocycles. The lowest BCUT2D eigenvalue weighted by atomic mass is 10.1. The summed E-state index contributed by atoms with van der Waals surface area (Å²) in [6, 6.07) is 9.94. The van der Waals surface area contributed by atoms with Gasteiger partial charge in [-0.1, -0.05) is 6.07 Å². The van der Waals surface area contributed by atoms with E-state index in [1.807, 2.05) is 12.1 Å². The van der Waals surface area contributed by atoms with Crippen molar-refractivity contribution in [3.63, 3.8) is 0 Å². The van der Waals surface area contributed by atoms with Crippen molar-refractivity contribution in [3.8, 4) is 6.07 Å². The van der Waals surface area contributed by atoms with Gasteiger partial charge in [0.1, 0.15) is 11.0 Å². The quantitative estimate of drug-likeness (QED) is 0.842. The highest BCUT2D eigenvalue weighted by Gasteiger charge is 2.32. The number of aromatic nitrogens is 1. The molecule has 7 heteroatoms. The zero-order valence-corrected chi connectivity index (χ0v) is 11.8. The SMILES string of the molecule is N#Cc1ncccc1S(=O)(=O)N1CCc2ccc(N)cc21. The van der Waals surface area contributed by atoms with Gasteiger partial charge in [0.15, 0.2) is 5.69 Å². The predicted molar refractivity (Wildman–Crippen MR) is 78.0 cm³/mol. The highest BCUT2D eigenvalue weighted by atomic mass is 32.2. The second-order valence-electron chi connectivity index (χ2n) is 4.68. The van der Waals surface area contributed by atoms with Crippen LogP contribution < -0.4 is 10.0 Å². The molecule has 6 nitrogen and oxygen atoms in total. The van der Waals surface area contributed by atoms with E-state index in [1.54, 1.807) is 12.1 Å². The minimum Gasteiger partial charge on any atom is -0.399 e. The average molecular weight is 300 g/mol. The summed E-state index contributed by atoms with van der Waals surface area (Å²) in [7, 11) is -3.82. The van der Waals surface area contributed by atoms with E-state index in [-0.39, 0.29) is 10.6 Å². The fourth-order valence-electron chi connectivity index (χ4n) is 2.42. The van der Waals surface area contributed by atoms with Gasteiger partial charge < -0.3 is 5.73 Å². The van der Waals surface area contributed by atoms with Gasteiger partial charge >= 0.3 is 0 Å². The monoisotopic (exact) mass is 300 g/mol. The molecule has 0 atom stereocenters. The first-order chi connectivity index (χ1) is 10.0. The van der Waals surface area contributed by atoms with Gasteiger partial charge in [0.2, 0.25) is 0 Å². The summed E-state index contributed by atoms with van der Waals surface area (Å²) in [6.07, 6.45) is 2.02. The standard InChI is InChI=1S/C14H12N4O2S/c15-9-12-14(2-1-6-17-12)21(19,20)18-7-5-10-3-4-11(16)8-13(10)18/h1-4,6,8H,5,7,16H2. The molecule has 2 heterocycles. The van der Waals surface area contributed by atoms with Crippen LogP contribution in [0.5, 0.6) is 0 Å². The highest BCUT2D eigenvalue weighted by molar-refractivity contribution is 7.93. The number of nitrogens with zero attached hydrogens (tertiary/aromatic N) is 3. The second-order valence-corrected chi connectivity index (χ2v) is 6.51. The number of nitrogens with two attached hydrogens (primary N) is 1. The summed E-state index contributed by atoms with van der Waals surface area (Å²) in [5.41, 5.74) is 7.64. The second kappa shape index (κ2) is 4.75. The molecule has 106 valence electrons. The molecule has 3 rings (SSSR count). The number of hydrogen-bond acceptors (Lipinski definition) is 5. The van der Waals surface area contributed by atoms with Gasteiger partial charge in [-0.3, -0.25) is 4.31 Å². The van der Waals surface area contributed by atoms with E-state index < -0.39 is 10.0 Å². The number of nitrogen functional groups attached to an aromatic ring is 1. The Kier molecular flexibility index (Phi) is 3.03. The molecule has 2 aromatic rings. The first kappa shape index (κ1) is 13.4. The van der Waals surface area contributed by atoms with Gasteiger partial charge in [-0.2, -0.15) is 5.26 Å². The minimum atomic E-state index is -3.82. The van der Waals surface area contributed by atoms with Crippen molar-refractivity contribution < 1.29 is 8.42 Å². The number of hydrogen-bond donors (Lipinski definition) is 1. The number of pyridine rings is 1. The van der Waals surface area contributed by atoms with Crippen molar-refractivity contribution in [1.82, 2.24) is 4.98 Å². The Morgan fingerprint density at radius 1 is 1.33 bits per heavy atom. The Morgan fingerprint density at radius 3 is 2.90 bits per heavy atom. The Bertz CT molecular complexity index is 856. The number of sulfonamides is 1. The number of fused-ring (bicyclic) bond motifs is 1. The lowest BCUT2D eigenvalue weighted by molar-refractivity contribution is 0.591. The van der Waals surface area contributed by atoms with Crippen LogP contribution in [0.4, 0.5) is 11.4 Å². The van der Waals surface area contributed by atoms with Crippen LogP contribution in [-0.2, 0) is 16.4 Å².